The summed E-state index contributed by atoms with van der Waals surface area (Å²) in [6, 6.07) is 4.17. The molecule has 1 heterocycles. The van der Waals surface area contributed by atoms with E-state index < -0.39 is 0 Å². The summed E-state index contributed by atoms with van der Waals surface area (Å²) in [5.41, 5.74) is 1.25. The largest absolute Gasteiger partial charge is 0.380 e. The molecule has 0 radical (unpaired) electrons. The highest BCUT2D eigenvalue weighted by Crippen LogP contribution is 2.07. The lowest BCUT2D eigenvalue weighted by Crippen LogP contribution is -2.27. The van der Waals surface area contributed by atoms with Gasteiger partial charge in [0.05, 0.1) is 6.61 Å². The summed E-state index contributed by atoms with van der Waals surface area (Å²) in [5.74, 6) is 0.943. The third-order valence-corrected chi connectivity index (χ3v) is 2.79. The minimum absolute atomic E-state index is 0.788. The standard InChI is InChI=1S/C14H25N3O/c1-4-15-14-8-7-13(11-16-14)12-17(5-2)9-10-18-6-3/h7-8,11H,4-6,9-10,12H2,1-3H3,(H,15,16). The van der Waals surface area contributed by atoms with Crippen LogP contribution in [0.3, 0.4) is 0 Å². The average molecular weight is 251 g/mol. The molecule has 1 aromatic rings. The van der Waals surface area contributed by atoms with Crippen LogP contribution in [0.25, 0.3) is 0 Å². The lowest BCUT2D eigenvalue weighted by atomic mass is 10.2. The van der Waals surface area contributed by atoms with Gasteiger partial charge in [-0.15, -0.1) is 0 Å². The molecule has 0 aromatic carbocycles. The zero-order valence-electron chi connectivity index (χ0n) is 11.8. The number of nitrogens with zero attached hydrogens (tertiary/aromatic N) is 2. The molecule has 0 amide bonds. The Balaban J connectivity index is 2.43. The zero-order chi connectivity index (χ0) is 13.2. The van der Waals surface area contributed by atoms with Crippen LogP contribution in [-0.2, 0) is 11.3 Å². The van der Waals surface area contributed by atoms with Gasteiger partial charge in [0.25, 0.3) is 0 Å². The number of aromatic nitrogens is 1. The van der Waals surface area contributed by atoms with Crippen molar-refractivity contribution >= 4 is 5.82 Å². The summed E-state index contributed by atoms with van der Waals surface area (Å²) in [6.45, 7) is 11.7. The van der Waals surface area contributed by atoms with Crippen molar-refractivity contribution in [2.45, 2.75) is 27.3 Å². The van der Waals surface area contributed by atoms with Gasteiger partial charge in [-0.3, -0.25) is 4.90 Å². The van der Waals surface area contributed by atoms with Crippen molar-refractivity contribution in [3.8, 4) is 0 Å². The SMILES string of the molecule is CCNc1ccc(CN(CC)CCOCC)cn1. The Morgan fingerprint density at radius 3 is 2.67 bits per heavy atom. The molecule has 0 unspecified atom stereocenters. The van der Waals surface area contributed by atoms with E-state index in [-0.39, 0.29) is 0 Å². The molecule has 0 spiro atoms. The van der Waals surface area contributed by atoms with Gasteiger partial charge in [0.2, 0.25) is 0 Å². The molecule has 0 saturated heterocycles. The lowest BCUT2D eigenvalue weighted by molar-refractivity contribution is 0.113. The minimum atomic E-state index is 0.788. The molecule has 0 fully saturated rings. The van der Waals surface area contributed by atoms with E-state index >= 15 is 0 Å². The topological polar surface area (TPSA) is 37.4 Å². The molecule has 4 heteroatoms. The summed E-state index contributed by atoms with van der Waals surface area (Å²) in [4.78, 5) is 6.74. The van der Waals surface area contributed by atoms with Gasteiger partial charge in [0.1, 0.15) is 5.82 Å². The van der Waals surface area contributed by atoms with Crippen molar-refractivity contribution in [3.63, 3.8) is 0 Å². The van der Waals surface area contributed by atoms with Crippen LogP contribution in [-0.4, -0.2) is 42.7 Å². The molecule has 0 bridgehead atoms. The van der Waals surface area contributed by atoms with Gasteiger partial charge in [0.15, 0.2) is 0 Å². The van der Waals surface area contributed by atoms with E-state index in [1.165, 1.54) is 5.56 Å². The van der Waals surface area contributed by atoms with Crippen LogP contribution < -0.4 is 5.32 Å². The maximum atomic E-state index is 5.39. The molecular weight excluding hydrogens is 226 g/mol. The normalized spacial score (nSPS) is 10.9. The number of anilines is 1. The summed E-state index contributed by atoms with van der Waals surface area (Å²) < 4.78 is 5.39. The van der Waals surface area contributed by atoms with E-state index in [2.05, 4.69) is 35.1 Å². The van der Waals surface area contributed by atoms with E-state index in [4.69, 9.17) is 4.74 Å². The van der Waals surface area contributed by atoms with Gasteiger partial charge in [-0.1, -0.05) is 13.0 Å². The molecule has 0 aliphatic heterocycles. The number of nitrogens with one attached hydrogen (secondary N) is 1. The van der Waals surface area contributed by atoms with E-state index in [9.17, 15) is 0 Å². The molecule has 0 saturated carbocycles. The smallest absolute Gasteiger partial charge is 0.125 e. The van der Waals surface area contributed by atoms with Gasteiger partial charge >= 0.3 is 0 Å². The first-order chi connectivity index (χ1) is 8.80. The van der Waals surface area contributed by atoms with Crippen molar-refractivity contribution in [2.24, 2.45) is 0 Å². The van der Waals surface area contributed by atoms with Crippen LogP contribution in [0.2, 0.25) is 0 Å². The van der Waals surface area contributed by atoms with E-state index in [1.54, 1.807) is 0 Å². The number of pyridine rings is 1. The first-order valence-corrected chi connectivity index (χ1v) is 6.79. The van der Waals surface area contributed by atoms with Crippen molar-refractivity contribution in [2.75, 3.05) is 38.2 Å². The van der Waals surface area contributed by atoms with Gasteiger partial charge < -0.3 is 10.1 Å². The summed E-state index contributed by atoms with van der Waals surface area (Å²) in [6.07, 6.45) is 1.95. The molecule has 0 atom stereocenters. The second-order valence-corrected chi connectivity index (χ2v) is 4.15. The zero-order valence-corrected chi connectivity index (χ0v) is 11.8. The lowest BCUT2D eigenvalue weighted by Gasteiger charge is -2.20. The fourth-order valence-corrected chi connectivity index (χ4v) is 1.75. The number of likely N-dealkylation sites (N-methyl/N-ethyl adjacent to an activating group) is 1. The van der Waals surface area contributed by atoms with Crippen LogP contribution in [0.1, 0.15) is 26.3 Å². The molecule has 102 valence electrons. The van der Waals surface area contributed by atoms with E-state index in [0.717, 1.165) is 45.2 Å². The summed E-state index contributed by atoms with van der Waals surface area (Å²) in [7, 11) is 0. The monoisotopic (exact) mass is 251 g/mol. The van der Waals surface area contributed by atoms with Gasteiger partial charge in [-0.2, -0.15) is 0 Å². The second kappa shape index (κ2) is 8.89. The Hall–Kier alpha value is -1.13. The number of rotatable bonds is 9. The summed E-state index contributed by atoms with van der Waals surface area (Å²) >= 11 is 0. The van der Waals surface area contributed by atoms with E-state index in [0.29, 0.717) is 0 Å². The quantitative estimate of drug-likeness (QED) is 0.684. The van der Waals surface area contributed by atoms with Crippen molar-refractivity contribution in [1.82, 2.24) is 9.88 Å². The number of ether oxygens (including phenoxy) is 1. The third kappa shape index (κ3) is 5.47. The molecular formula is C14H25N3O. The molecule has 18 heavy (non-hydrogen) atoms. The Morgan fingerprint density at radius 1 is 1.28 bits per heavy atom. The number of hydrogen-bond donors (Lipinski definition) is 1. The van der Waals surface area contributed by atoms with Crippen molar-refractivity contribution in [1.29, 1.82) is 0 Å². The average Bonchev–Trinajstić information content (AvgIpc) is 2.40. The highest BCUT2D eigenvalue weighted by molar-refractivity contribution is 5.35. The van der Waals surface area contributed by atoms with Crippen LogP contribution in [0.15, 0.2) is 18.3 Å². The molecule has 1 rings (SSSR count). The Kier molecular flexibility index (Phi) is 7.37. The van der Waals surface area contributed by atoms with Crippen LogP contribution in [0.5, 0.6) is 0 Å². The first kappa shape index (κ1) is 14.9. The molecule has 0 aliphatic rings. The van der Waals surface area contributed by atoms with Crippen LogP contribution in [0, 0.1) is 0 Å². The fourth-order valence-electron chi connectivity index (χ4n) is 1.75. The summed E-state index contributed by atoms with van der Waals surface area (Å²) in [5, 5.41) is 3.20. The molecule has 1 N–H and O–H groups in total. The van der Waals surface area contributed by atoms with Gasteiger partial charge in [0, 0.05) is 32.4 Å². The predicted octanol–water partition coefficient (Wildman–Crippen LogP) is 2.37. The second-order valence-electron chi connectivity index (χ2n) is 4.15. The highest BCUT2D eigenvalue weighted by Gasteiger charge is 2.04. The highest BCUT2D eigenvalue weighted by atomic mass is 16.5. The molecule has 1 aromatic heterocycles. The maximum absolute atomic E-state index is 5.39. The minimum Gasteiger partial charge on any atom is -0.380 e. The number of hydrogen-bond acceptors (Lipinski definition) is 4. The van der Waals surface area contributed by atoms with Crippen LogP contribution >= 0.6 is 0 Å². The van der Waals surface area contributed by atoms with E-state index in [1.807, 2.05) is 19.2 Å². The van der Waals surface area contributed by atoms with Gasteiger partial charge in [-0.05, 0) is 32.0 Å². The third-order valence-electron chi connectivity index (χ3n) is 2.79. The first-order valence-electron chi connectivity index (χ1n) is 6.79. The Morgan fingerprint density at radius 2 is 2.11 bits per heavy atom. The van der Waals surface area contributed by atoms with Crippen molar-refractivity contribution in [3.05, 3.63) is 23.9 Å². The Labute approximate surface area is 110 Å². The predicted molar refractivity (Wildman–Crippen MR) is 75.8 cm³/mol. The Bertz CT molecular complexity index is 313. The maximum Gasteiger partial charge on any atom is 0.125 e. The molecule has 4 nitrogen and oxygen atoms in total. The fraction of sp³-hybridized carbons (Fsp3) is 0.643. The van der Waals surface area contributed by atoms with Crippen molar-refractivity contribution < 1.29 is 4.74 Å². The molecule has 0 aliphatic carbocycles. The van der Waals surface area contributed by atoms with Gasteiger partial charge in [-0.25, -0.2) is 4.98 Å². The van der Waals surface area contributed by atoms with Crippen LogP contribution in [0.4, 0.5) is 5.82 Å².